The molecule has 2 aliphatic rings. The summed E-state index contributed by atoms with van der Waals surface area (Å²) in [4.78, 5) is 13.5. The molecule has 4 rings (SSSR count). The van der Waals surface area contributed by atoms with Gasteiger partial charge >= 0.3 is 5.97 Å². The number of rotatable bonds is 4. The molecule has 0 bridgehead atoms. The molecule has 2 heterocycles. The van der Waals surface area contributed by atoms with Crippen LogP contribution in [0.4, 0.5) is 4.39 Å². The maximum atomic E-state index is 15.0. The number of carboxylic acids is 1. The summed E-state index contributed by atoms with van der Waals surface area (Å²) in [5, 5.41) is 9.36. The van der Waals surface area contributed by atoms with Gasteiger partial charge in [0.25, 0.3) is 0 Å². The molecule has 0 aliphatic carbocycles. The van der Waals surface area contributed by atoms with Crippen molar-refractivity contribution in [1.29, 1.82) is 0 Å². The van der Waals surface area contributed by atoms with Crippen LogP contribution in [0.25, 0.3) is 0 Å². The Morgan fingerprint density at radius 3 is 2.59 bits per heavy atom. The summed E-state index contributed by atoms with van der Waals surface area (Å²) >= 11 is 0. The van der Waals surface area contributed by atoms with Crippen molar-refractivity contribution in [1.82, 2.24) is 4.90 Å². The summed E-state index contributed by atoms with van der Waals surface area (Å²) in [7, 11) is 0. The number of nitrogens with zero attached hydrogens (tertiary/aromatic N) is 1. The number of para-hydroxylation sites is 2. The molecule has 5 nitrogen and oxygen atoms in total. The van der Waals surface area contributed by atoms with Gasteiger partial charge in [-0.1, -0.05) is 42.5 Å². The third-order valence-corrected chi connectivity index (χ3v) is 5.07. The SMILES string of the molecule is O=C(O)C1(F)CCN(Cc2ccccc2)C(C2=COc3ccccc3O2)C1. The van der Waals surface area contributed by atoms with E-state index in [1.807, 2.05) is 47.4 Å². The van der Waals surface area contributed by atoms with Crippen LogP contribution >= 0.6 is 0 Å². The smallest absolute Gasteiger partial charge is 0.341 e. The van der Waals surface area contributed by atoms with E-state index in [1.54, 1.807) is 12.1 Å². The van der Waals surface area contributed by atoms with Gasteiger partial charge in [-0.3, -0.25) is 4.90 Å². The fourth-order valence-corrected chi connectivity index (χ4v) is 3.55. The number of alkyl halides is 1. The number of hydrogen-bond donors (Lipinski definition) is 1. The molecule has 2 atom stereocenters. The van der Waals surface area contributed by atoms with Crippen LogP contribution in [0, 0.1) is 0 Å². The monoisotopic (exact) mass is 369 g/mol. The minimum absolute atomic E-state index is 0.0591. The summed E-state index contributed by atoms with van der Waals surface area (Å²) in [5.74, 6) is 0.119. The molecule has 1 saturated heterocycles. The van der Waals surface area contributed by atoms with E-state index in [1.165, 1.54) is 6.26 Å². The van der Waals surface area contributed by atoms with Crippen molar-refractivity contribution in [2.24, 2.45) is 0 Å². The molecule has 2 aromatic rings. The van der Waals surface area contributed by atoms with E-state index >= 15 is 0 Å². The van der Waals surface area contributed by atoms with Crippen molar-refractivity contribution < 1.29 is 23.8 Å². The maximum Gasteiger partial charge on any atom is 0.341 e. The van der Waals surface area contributed by atoms with E-state index in [0.717, 1.165) is 5.56 Å². The van der Waals surface area contributed by atoms with E-state index in [2.05, 4.69) is 0 Å². The van der Waals surface area contributed by atoms with Crippen LogP contribution in [-0.4, -0.2) is 34.2 Å². The topological polar surface area (TPSA) is 59.0 Å². The summed E-state index contributed by atoms with van der Waals surface area (Å²) < 4.78 is 26.5. The van der Waals surface area contributed by atoms with Crippen LogP contribution in [0.1, 0.15) is 18.4 Å². The molecule has 0 amide bonds. The van der Waals surface area contributed by atoms with Gasteiger partial charge in [0.1, 0.15) is 6.26 Å². The number of piperidine rings is 1. The zero-order chi connectivity index (χ0) is 18.9. The van der Waals surface area contributed by atoms with E-state index in [9.17, 15) is 14.3 Å². The quantitative estimate of drug-likeness (QED) is 0.889. The number of aliphatic carboxylic acids is 1. The lowest BCUT2D eigenvalue weighted by Gasteiger charge is -2.41. The Bertz CT molecular complexity index is 869. The molecule has 0 aromatic heterocycles. The van der Waals surface area contributed by atoms with Crippen LogP contribution in [0.3, 0.4) is 0 Å². The normalized spacial score (nSPS) is 24.9. The summed E-state index contributed by atoms with van der Waals surface area (Å²) in [5.41, 5.74) is -1.21. The number of likely N-dealkylation sites (tertiary alicyclic amines) is 1. The molecule has 0 spiro atoms. The number of carboxylic acid groups (broad SMARTS) is 1. The van der Waals surface area contributed by atoms with Crippen LogP contribution in [0.15, 0.2) is 66.6 Å². The van der Waals surface area contributed by atoms with Crippen LogP contribution < -0.4 is 9.47 Å². The van der Waals surface area contributed by atoms with Crippen LogP contribution in [0.5, 0.6) is 11.5 Å². The first-order valence-corrected chi connectivity index (χ1v) is 8.89. The molecule has 1 N–H and O–H groups in total. The molecule has 1 fully saturated rings. The molecule has 2 aliphatic heterocycles. The zero-order valence-electron chi connectivity index (χ0n) is 14.7. The summed E-state index contributed by atoms with van der Waals surface area (Å²) in [6.07, 6.45) is 1.21. The first kappa shape index (κ1) is 17.5. The lowest BCUT2D eigenvalue weighted by atomic mass is 9.86. The van der Waals surface area contributed by atoms with Gasteiger partial charge in [-0.25, -0.2) is 9.18 Å². The third kappa shape index (κ3) is 3.53. The molecule has 2 unspecified atom stereocenters. The average Bonchev–Trinajstić information content (AvgIpc) is 2.70. The molecule has 2 aromatic carbocycles. The number of fused-ring (bicyclic) bond motifs is 1. The largest absolute Gasteiger partial charge is 0.479 e. The maximum absolute atomic E-state index is 15.0. The molecule has 140 valence electrons. The number of halogens is 1. The minimum Gasteiger partial charge on any atom is -0.479 e. The highest BCUT2D eigenvalue weighted by molar-refractivity contribution is 5.77. The molecule has 0 radical (unpaired) electrons. The second-order valence-corrected chi connectivity index (χ2v) is 6.88. The fourth-order valence-electron chi connectivity index (χ4n) is 3.55. The Labute approximate surface area is 156 Å². The van der Waals surface area contributed by atoms with E-state index in [4.69, 9.17) is 9.47 Å². The van der Waals surface area contributed by atoms with Gasteiger partial charge in [-0.15, -0.1) is 0 Å². The lowest BCUT2D eigenvalue weighted by molar-refractivity contribution is -0.156. The zero-order valence-corrected chi connectivity index (χ0v) is 14.7. The highest BCUT2D eigenvalue weighted by Crippen LogP contribution is 2.39. The Morgan fingerprint density at radius 1 is 1.15 bits per heavy atom. The Hall–Kier alpha value is -2.86. The number of benzene rings is 2. The average molecular weight is 369 g/mol. The van der Waals surface area contributed by atoms with Gasteiger partial charge in [0, 0.05) is 25.9 Å². The molecular formula is C21H20FNO4. The fraction of sp³-hybridized carbons (Fsp3) is 0.286. The standard InChI is InChI=1S/C21H20FNO4/c22-21(20(24)25)10-11-23(13-15-6-2-1-3-7-15)16(12-21)19-14-26-17-8-4-5-9-18(17)27-19/h1-9,14,16H,10-13H2,(H,24,25). The second kappa shape index (κ2) is 7.04. The predicted octanol–water partition coefficient (Wildman–Crippen LogP) is 3.76. The predicted molar refractivity (Wildman–Crippen MR) is 97.1 cm³/mol. The third-order valence-electron chi connectivity index (χ3n) is 5.07. The first-order valence-electron chi connectivity index (χ1n) is 8.89. The van der Waals surface area contributed by atoms with Gasteiger partial charge in [0.15, 0.2) is 17.3 Å². The van der Waals surface area contributed by atoms with Crippen molar-refractivity contribution >= 4 is 5.97 Å². The van der Waals surface area contributed by atoms with Crippen molar-refractivity contribution in [2.75, 3.05) is 6.54 Å². The Kier molecular flexibility index (Phi) is 4.58. The number of ether oxygens (including phenoxy) is 2. The van der Waals surface area contributed by atoms with Crippen molar-refractivity contribution in [3.63, 3.8) is 0 Å². The van der Waals surface area contributed by atoms with Crippen LogP contribution in [-0.2, 0) is 11.3 Å². The highest BCUT2D eigenvalue weighted by Gasteiger charge is 2.48. The van der Waals surface area contributed by atoms with Crippen LogP contribution in [0.2, 0.25) is 0 Å². The minimum atomic E-state index is -2.28. The van der Waals surface area contributed by atoms with Crippen molar-refractivity contribution in [3.8, 4) is 11.5 Å². The second-order valence-electron chi connectivity index (χ2n) is 6.88. The van der Waals surface area contributed by atoms with Gasteiger partial charge in [0.2, 0.25) is 5.67 Å². The molecule has 0 saturated carbocycles. The van der Waals surface area contributed by atoms with Crippen molar-refractivity contribution in [2.45, 2.75) is 31.1 Å². The van der Waals surface area contributed by atoms with Gasteiger partial charge in [-0.2, -0.15) is 0 Å². The Morgan fingerprint density at radius 2 is 1.85 bits per heavy atom. The van der Waals surface area contributed by atoms with E-state index in [0.29, 0.717) is 30.3 Å². The molecular weight excluding hydrogens is 349 g/mol. The first-order chi connectivity index (χ1) is 13.0. The molecule has 27 heavy (non-hydrogen) atoms. The van der Waals surface area contributed by atoms with Gasteiger partial charge in [-0.05, 0) is 17.7 Å². The molecule has 6 heteroatoms. The van der Waals surface area contributed by atoms with Gasteiger partial charge < -0.3 is 14.6 Å². The van der Waals surface area contributed by atoms with E-state index < -0.39 is 17.7 Å². The highest BCUT2D eigenvalue weighted by atomic mass is 19.1. The summed E-state index contributed by atoms with van der Waals surface area (Å²) in [6.45, 7) is 0.883. The Balaban J connectivity index is 1.61. The van der Waals surface area contributed by atoms with Crippen molar-refractivity contribution in [3.05, 3.63) is 72.2 Å². The number of hydrogen-bond acceptors (Lipinski definition) is 4. The lowest BCUT2D eigenvalue weighted by Crippen LogP contribution is -2.53. The summed E-state index contributed by atoms with van der Waals surface area (Å²) in [6, 6.07) is 16.5. The van der Waals surface area contributed by atoms with Gasteiger partial charge in [0.05, 0.1) is 6.04 Å². The van der Waals surface area contributed by atoms with E-state index in [-0.39, 0.29) is 12.8 Å². The number of carbonyl (C=O) groups is 1.